The van der Waals surface area contributed by atoms with E-state index in [4.69, 9.17) is 32.7 Å². The van der Waals surface area contributed by atoms with E-state index < -0.39 is 0 Å². The summed E-state index contributed by atoms with van der Waals surface area (Å²) in [7, 11) is 0. The summed E-state index contributed by atoms with van der Waals surface area (Å²) >= 11 is 12.2. The van der Waals surface area contributed by atoms with Crippen LogP contribution in [0.3, 0.4) is 0 Å². The molecule has 4 nitrogen and oxygen atoms in total. The van der Waals surface area contributed by atoms with Crippen LogP contribution in [0.4, 0.5) is 0 Å². The van der Waals surface area contributed by atoms with Crippen molar-refractivity contribution in [3.05, 3.63) is 87.7 Å². The molecule has 1 heterocycles. The van der Waals surface area contributed by atoms with Crippen molar-refractivity contribution in [2.45, 2.75) is 26.6 Å². The zero-order chi connectivity index (χ0) is 19.8. The fourth-order valence-electron chi connectivity index (χ4n) is 2.75. The van der Waals surface area contributed by atoms with Gasteiger partial charge in [-0.3, -0.25) is 4.98 Å². The van der Waals surface area contributed by atoms with Gasteiger partial charge in [0, 0.05) is 40.5 Å². The number of rotatable bonds is 9. The van der Waals surface area contributed by atoms with Gasteiger partial charge in [-0.15, -0.1) is 0 Å². The monoisotopic (exact) mass is 416 g/mol. The van der Waals surface area contributed by atoms with E-state index in [2.05, 4.69) is 10.3 Å². The molecule has 0 aliphatic carbocycles. The van der Waals surface area contributed by atoms with Crippen LogP contribution >= 0.6 is 23.2 Å². The van der Waals surface area contributed by atoms with Gasteiger partial charge < -0.3 is 14.8 Å². The first-order chi connectivity index (χ1) is 13.7. The van der Waals surface area contributed by atoms with Crippen LogP contribution in [0, 0.1) is 0 Å². The standard InChI is InChI=1S/C22H22Cl2N2O2/c1-2-27-21-8-5-6-16(13-25-14-19-7-3-4-11-26-19)22(21)28-15-17-9-10-18(23)12-20(17)24/h3-12,25H,2,13-15H2,1H3. The molecule has 0 saturated heterocycles. The number of para-hydroxylation sites is 1. The van der Waals surface area contributed by atoms with Gasteiger partial charge in [0.25, 0.3) is 0 Å². The lowest BCUT2D eigenvalue weighted by atomic mass is 10.1. The van der Waals surface area contributed by atoms with Crippen LogP contribution in [-0.2, 0) is 19.7 Å². The summed E-state index contributed by atoms with van der Waals surface area (Å²) in [5, 5.41) is 4.58. The predicted octanol–water partition coefficient (Wildman–Crippen LogP) is 5.66. The number of nitrogens with zero attached hydrogens (tertiary/aromatic N) is 1. The van der Waals surface area contributed by atoms with Crippen molar-refractivity contribution in [2.75, 3.05) is 6.61 Å². The molecule has 0 radical (unpaired) electrons. The van der Waals surface area contributed by atoms with Gasteiger partial charge in [-0.05, 0) is 37.3 Å². The highest BCUT2D eigenvalue weighted by Gasteiger charge is 2.12. The number of ether oxygens (including phenoxy) is 2. The molecular weight excluding hydrogens is 395 g/mol. The molecule has 0 unspecified atom stereocenters. The molecule has 3 aromatic rings. The molecule has 28 heavy (non-hydrogen) atoms. The van der Waals surface area contributed by atoms with Crippen molar-refractivity contribution in [1.82, 2.24) is 10.3 Å². The first-order valence-electron chi connectivity index (χ1n) is 9.09. The molecule has 3 rings (SSSR count). The number of benzene rings is 2. The topological polar surface area (TPSA) is 43.4 Å². The minimum absolute atomic E-state index is 0.327. The predicted molar refractivity (Wildman–Crippen MR) is 113 cm³/mol. The number of pyridine rings is 1. The zero-order valence-electron chi connectivity index (χ0n) is 15.6. The van der Waals surface area contributed by atoms with Crippen molar-refractivity contribution in [1.29, 1.82) is 0 Å². The Kier molecular flexibility index (Phi) is 7.54. The van der Waals surface area contributed by atoms with E-state index in [1.54, 1.807) is 18.3 Å². The third-order valence-corrected chi connectivity index (χ3v) is 4.68. The molecule has 0 saturated carbocycles. The van der Waals surface area contributed by atoms with Crippen LogP contribution < -0.4 is 14.8 Å². The molecule has 0 fully saturated rings. The lowest BCUT2D eigenvalue weighted by molar-refractivity contribution is 0.266. The molecule has 0 aliphatic rings. The van der Waals surface area contributed by atoms with Gasteiger partial charge in [-0.25, -0.2) is 0 Å². The van der Waals surface area contributed by atoms with Gasteiger partial charge >= 0.3 is 0 Å². The highest BCUT2D eigenvalue weighted by molar-refractivity contribution is 6.35. The fourth-order valence-corrected chi connectivity index (χ4v) is 3.21. The lowest BCUT2D eigenvalue weighted by Crippen LogP contribution is -2.15. The normalized spacial score (nSPS) is 10.7. The molecule has 0 bridgehead atoms. The molecule has 1 aromatic heterocycles. The molecule has 1 N–H and O–H groups in total. The number of hydrogen-bond donors (Lipinski definition) is 1. The average molecular weight is 417 g/mol. The van der Waals surface area contributed by atoms with Crippen LogP contribution in [0.5, 0.6) is 11.5 Å². The van der Waals surface area contributed by atoms with Crippen LogP contribution in [0.2, 0.25) is 10.0 Å². The van der Waals surface area contributed by atoms with Crippen LogP contribution in [0.25, 0.3) is 0 Å². The number of nitrogens with one attached hydrogen (secondary N) is 1. The molecule has 2 aromatic carbocycles. The van der Waals surface area contributed by atoms with Crippen molar-refractivity contribution in [2.24, 2.45) is 0 Å². The second kappa shape index (κ2) is 10.3. The smallest absolute Gasteiger partial charge is 0.166 e. The third kappa shape index (κ3) is 5.61. The zero-order valence-corrected chi connectivity index (χ0v) is 17.1. The highest BCUT2D eigenvalue weighted by atomic mass is 35.5. The summed E-state index contributed by atoms with van der Waals surface area (Å²) in [5.41, 5.74) is 2.86. The second-order valence-electron chi connectivity index (χ2n) is 6.13. The molecule has 0 atom stereocenters. The van der Waals surface area contributed by atoms with Gasteiger partial charge in [-0.2, -0.15) is 0 Å². The molecular formula is C22H22Cl2N2O2. The molecule has 146 valence electrons. The van der Waals surface area contributed by atoms with Gasteiger partial charge in [-0.1, -0.05) is 47.5 Å². The molecule has 0 spiro atoms. The summed E-state index contributed by atoms with van der Waals surface area (Å²) in [6.07, 6.45) is 1.79. The molecule has 0 amide bonds. The van der Waals surface area contributed by atoms with Crippen LogP contribution in [-0.4, -0.2) is 11.6 Å². The minimum atomic E-state index is 0.327. The Hall–Kier alpha value is -2.27. The van der Waals surface area contributed by atoms with Gasteiger partial charge in [0.15, 0.2) is 11.5 Å². The average Bonchev–Trinajstić information content (AvgIpc) is 2.70. The summed E-state index contributed by atoms with van der Waals surface area (Å²) in [6, 6.07) is 17.1. The van der Waals surface area contributed by atoms with E-state index in [1.807, 2.05) is 49.4 Å². The minimum Gasteiger partial charge on any atom is -0.490 e. The highest BCUT2D eigenvalue weighted by Crippen LogP contribution is 2.33. The Labute approximate surface area is 175 Å². The van der Waals surface area contributed by atoms with E-state index in [1.165, 1.54) is 0 Å². The Morgan fingerprint density at radius 2 is 1.82 bits per heavy atom. The van der Waals surface area contributed by atoms with Gasteiger partial charge in [0.1, 0.15) is 6.61 Å². The van der Waals surface area contributed by atoms with Crippen LogP contribution in [0.1, 0.15) is 23.7 Å². The summed E-state index contributed by atoms with van der Waals surface area (Å²) < 4.78 is 11.9. The van der Waals surface area contributed by atoms with Crippen molar-refractivity contribution >= 4 is 23.2 Å². The largest absolute Gasteiger partial charge is 0.490 e. The van der Waals surface area contributed by atoms with Gasteiger partial charge in [0.2, 0.25) is 0 Å². The van der Waals surface area contributed by atoms with E-state index in [0.717, 1.165) is 16.8 Å². The number of aromatic nitrogens is 1. The summed E-state index contributed by atoms with van der Waals surface area (Å²) in [4.78, 5) is 4.33. The van der Waals surface area contributed by atoms with Crippen LogP contribution in [0.15, 0.2) is 60.8 Å². The third-order valence-electron chi connectivity index (χ3n) is 4.10. The second-order valence-corrected chi connectivity index (χ2v) is 6.97. The first-order valence-corrected chi connectivity index (χ1v) is 9.85. The number of halogens is 2. The first kappa shape index (κ1) is 20.5. The summed E-state index contributed by atoms with van der Waals surface area (Å²) in [6.45, 7) is 4.13. The van der Waals surface area contributed by atoms with Crippen molar-refractivity contribution in [3.63, 3.8) is 0 Å². The van der Waals surface area contributed by atoms with Gasteiger partial charge in [0.05, 0.1) is 12.3 Å². The Balaban J connectivity index is 1.73. The SMILES string of the molecule is CCOc1cccc(CNCc2ccccn2)c1OCc1ccc(Cl)cc1Cl. The maximum absolute atomic E-state index is 6.27. The van der Waals surface area contributed by atoms with E-state index >= 15 is 0 Å². The Bertz CT molecular complexity index is 904. The quantitative estimate of drug-likeness (QED) is 0.488. The van der Waals surface area contributed by atoms with Crippen molar-refractivity contribution < 1.29 is 9.47 Å². The van der Waals surface area contributed by atoms with E-state index in [9.17, 15) is 0 Å². The Morgan fingerprint density at radius 3 is 2.57 bits per heavy atom. The fraction of sp³-hybridized carbons (Fsp3) is 0.227. The van der Waals surface area contributed by atoms with Crippen molar-refractivity contribution in [3.8, 4) is 11.5 Å². The molecule has 6 heteroatoms. The maximum atomic E-state index is 6.27. The summed E-state index contributed by atoms with van der Waals surface area (Å²) in [5.74, 6) is 1.42. The Morgan fingerprint density at radius 1 is 0.929 bits per heavy atom. The number of hydrogen-bond acceptors (Lipinski definition) is 4. The molecule has 0 aliphatic heterocycles. The maximum Gasteiger partial charge on any atom is 0.166 e. The lowest BCUT2D eigenvalue weighted by Gasteiger charge is -2.17. The van der Waals surface area contributed by atoms with E-state index in [0.29, 0.717) is 47.8 Å². The van der Waals surface area contributed by atoms with E-state index in [-0.39, 0.29) is 0 Å².